The van der Waals surface area contributed by atoms with E-state index in [-0.39, 0.29) is 11.3 Å². The molecule has 1 N–H and O–H groups in total. The molecule has 1 aromatic heterocycles. The number of halogens is 2. The molecule has 0 saturated carbocycles. The van der Waals surface area contributed by atoms with Gasteiger partial charge < -0.3 is 5.11 Å². The highest BCUT2D eigenvalue weighted by Crippen LogP contribution is 2.30. The lowest BCUT2D eigenvalue weighted by Gasteiger charge is -2.15. The summed E-state index contributed by atoms with van der Waals surface area (Å²) in [6.45, 7) is 0. The first-order valence-electron chi connectivity index (χ1n) is 5.60. The molecular weight excluding hydrogens is 252 g/mol. The number of benzene rings is 1. The van der Waals surface area contributed by atoms with Gasteiger partial charge in [-0.25, -0.2) is 4.79 Å². The van der Waals surface area contributed by atoms with Gasteiger partial charge in [0, 0.05) is 12.6 Å². The summed E-state index contributed by atoms with van der Waals surface area (Å²) in [6.07, 6.45) is 0.806. The Morgan fingerprint density at radius 2 is 1.84 bits per heavy atom. The molecule has 19 heavy (non-hydrogen) atoms. The van der Waals surface area contributed by atoms with E-state index in [0.717, 1.165) is 0 Å². The minimum absolute atomic E-state index is 0.0740. The SMILES string of the molecule is O=C(O)c1ccc(CC(F)(F)c2ccccn2)cc1. The van der Waals surface area contributed by atoms with Crippen LogP contribution >= 0.6 is 0 Å². The number of hydrogen-bond acceptors (Lipinski definition) is 2. The molecule has 0 amide bonds. The second kappa shape index (κ2) is 5.14. The average molecular weight is 263 g/mol. The van der Waals surface area contributed by atoms with E-state index < -0.39 is 18.3 Å². The lowest BCUT2D eigenvalue weighted by atomic mass is 10.0. The number of alkyl halides is 2. The smallest absolute Gasteiger partial charge is 0.335 e. The van der Waals surface area contributed by atoms with Crippen molar-refractivity contribution in [1.82, 2.24) is 4.98 Å². The molecule has 5 heteroatoms. The Labute approximate surface area is 108 Å². The molecule has 0 saturated heterocycles. The van der Waals surface area contributed by atoms with Gasteiger partial charge in [-0.05, 0) is 29.8 Å². The number of rotatable bonds is 4. The quantitative estimate of drug-likeness (QED) is 0.922. The van der Waals surface area contributed by atoms with E-state index in [0.29, 0.717) is 5.56 Å². The van der Waals surface area contributed by atoms with Gasteiger partial charge in [-0.2, -0.15) is 8.78 Å². The van der Waals surface area contributed by atoms with Crippen molar-refractivity contribution in [3.63, 3.8) is 0 Å². The minimum atomic E-state index is -3.08. The Hall–Kier alpha value is -2.30. The molecule has 0 fully saturated rings. The highest BCUT2D eigenvalue weighted by atomic mass is 19.3. The number of carbonyl (C=O) groups is 1. The number of aromatic nitrogens is 1. The van der Waals surface area contributed by atoms with Crippen molar-refractivity contribution in [2.45, 2.75) is 12.3 Å². The van der Waals surface area contributed by atoms with E-state index in [9.17, 15) is 13.6 Å². The van der Waals surface area contributed by atoms with Gasteiger partial charge in [0.1, 0.15) is 5.69 Å². The van der Waals surface area contributed by atoms with Gasteiger partial charge in [-0.15, -0.1) is 0 Å². The molecule has 2 rings (SSSR count). The van der Waals surface area contributed by atoms with Crippen LogP contribution in [0.5, 0.6) is 0 Å². The Morgan fingerprint density at radius 3 is 2.37 bits per heavy atom. The van der Waals surface area contributed by atoms with Crippen LogP contribution in [0.3, 0.4) is 0 Å². The number of aromatic carboxylic acids is 1. The zero-order chi connectivity index (χ0) is 13.9. The number of nitrogens with zero attached hydrogens (tertiary/aromatic N) is 1. The zero-order valence-electron chi connectivity index (χ0n) is 9.88. The van der Waals surface area contributed by atoms with Gasteiger partial charge in [-0.1, -0.05) is 18.2 Å². The third kappa shape index (κ3) is 3.13. The number of pyridine rings is 1. The van der Waals surface area contributed by atoms with E-state index in [1.54, 1.807) is 6.07 Å². The number of carboxylic acids is 1. The van der Waals surface area contributed by atoms with Crippen LogP contribution in [0.4, 0.5) is 8.78 Å². The molecule has 3 nitrogen and oxygen atoms in total. The Kier molecular flexibility index (Phi) is 3.55. The molecule has 1 aromatic carbocycles. The normalized spacial score (nSPS) is 11.3. The summed E-state index contributed by atoms with van der Waals surface area (Å²) < 4.78 is 27.8. The zero-order valence-corrected chi connectivity index (χ0v) is 9.88. The van der Waals surface area contributed by atoms with Crippen LogP contribution in [0.1, 0.15) is 21.6 Å². The molecule has 0 radical (unpaired) electrons. The predicted octanol–water partition coefficient (Wildman–Crippen LogP) is 3.11. The number of hydrogen-bond donors (Lipinski definition) is 1. The largest absolute Gasteiger partial charge is 0.478 e. The van der Waals surface area contributed by atoms with Gasteiger partial charge in [0.25, 0.3) is 5.92 Å². The van der Waals surface area contributed by atoms with Crippen LogP contribution in [0, 0.1) is 0 Å². The van der Waals surface area contributed by atoms with Crippen LogP contribution in [-0.2, 0) is 12.3 Å². The van der Waals surface area contributed by atoms with Crippen molar-refractivity contribution in [3.05, 3.63) is 65.5 Å². The molecule has 98 valence electrons. The molecule has 0 aliphatic carbocycles. The maximum Gasteiger partial charge on any atom is 0.335 e. The van der Waals surface area contributed by atoms with Crippen LogP contribution in [-0.4, -0.2) is 16.1 Å². The minimum Gasteiger partial charge on any atom is -0.478 e. The highest BCUT2D eigenvalue weighted by molar-refractivity contribution is 5.87. The van der Waals surface area contributed by atoms with Crippen LogP contribution in [0.15, 0.2) is 48.7 Å². The van der Waals surface area contributed by atoms with E-state index in [1.165, 1.54) is 42.6 Å². The van der Waals surface area contributed by atoms with Gasteiger partial charge in [0.15, 0.2) is 0 Å². The van der Waals surface area contributed by atoms with Gasteiger partial charge in [0.05, 0.1) is 5.56 Å². The van der Waals surface area contributed by atoms with Crippen molar-refractivity contribution < 1.29 is 18.7 Å². The molecule has 1 heterocycles. The molecule has 0 spiro atoms. The van der Waals surface area contributed by atoms with Crippen LogP contribution < -0.4 is 0 Å². The second-order valence-corrected chi connectivity index (χ2v) is 4.10. The first-order valence-corrected chi connectivity index (χ1v) is 5.60. The second-order valence-electron chi connectivity index (χ2n) is 4.10. The molecule has 0 unspecified atom stereocenters. The molecule has 0 aliphatic rings. The van der Waals surface area contributed by atoms with Crippen molar-refractivity contribution in [1.29, 1.82) is 0 Å². The lowest BCUT2D eigenvalue weighted by molar-refractivity contribution is -0.00834. The molecule has 0 bridgehead atoms. The molecule has 0 aliphatic heterocycles. The monoisotopic (exact) mass is 263 g/mol. The van der Waals surface area contributed by atoms with Gasteiger partial charge in [0.2, 0.25) is 0 Å². The Bertz CT molecular complexity index is 568. The topological polar surface area (TPSA) is 50.2 Å². The summed E-state index contributed by atoms with van der Waals surface area (Å²) in [4.78, 5) is 14.3. The summed E-state index contributed by atoms with van der Waals surface area (Å²) in [7, 11) is 0. The van der Waals surface area contributed by atoms with Gasteiger partial charge in [-0.3, -0.25) is 4.98 Å². The summed E-state index contributed by atoms with van der Waals surface area (Å²) in [6, 6.07) is 9.75. The molecule has 0 atom stereocenters. The maximum atomic E-state index is 13.9. The highest BCUT2D eigenvalue weighted by Gasteiger charge is 2.33. The fourth-order valence-corrected chi connectivity index (χ4v) is 1.69. The van der Waals surface area contributed by atoms with E-state index >= 15 is 0 Å². The molecular formula is C14H11F2NO2. The van der Waals surface area contributed by atoms with E-state index in [4.69, 9.17) is 5.11 Å². The van der Waals surface area contributed by atoms with Crippen molar-refractivity contribution in [2.24, 2.45) is 0 Å². The number of carboxylic acid groups (broad SMARTS) is 1. The third-order valence-corrected chi connectivity index (χ3v) is 2.67. The summed E-state index contributed by atoms with van der Waals surface area (Å²) >= 11 is 0. The fraction of sp³-hybridized carbons (Fsp3) is 0.143. The lowest BCUT2D eigenvalue weighted by Crippen LogP contribution is -2.18. The Morgan fingerprint density at radius 1 is 1.16 bits per heavy atom. The van der Waals surface area contributed by atoms with Crippen molar-refractivity contribution in [2.75, 3.05) is 0 Å². The fourth-order valence-electron chi connectivity index (χ4n) is 1.69. The van der Waals surface area contributed by atoms with E-state index in [2.05, 4.69) is 4.98 Å². The first kappa shape index (κ1) is 13.1. The van der Waals surface area contributed by atoms with Crippen LogP contribution in [0.2, 0.25) is 0 Å². The first-order chi connectivity index (χ1) is 8.99. The average Bonchev–Trinajstić information content (AvgIpc) is 2.40. The van der Waals surface area contributed by atoms with Crippen molar-refractivity contribution >= 4 is 5.97 Å². The standard InChI is InChI=1S/C14H11F2NO2/c15-14(16,12-3-1-2-8-17-12)9-10-4-6-11(7-5-10)13(18)19/h1-8H,9H2,(H,18,19). The van der Waals surface area contributed by atoms with Gasteiger partial charge >= 0.3 is 5.97 Å². The summed E-state index contributed by atoms with van der Waals surface area (Å²) in [5.74, 6) is -4.16. The predicted molar refractivity (Wildman–Crippen MR) is 65.2 cm³/mol. The summed E-state index contributed by atoms with van der Waals surface area (Å²) in [5, 5.41) is 8.73. The Balaban J connectivity index is 2.18. The van der Waals surface area contributed by atoms with Crippen LogP contribution in [0.25, 0.3) is 0 Å². The maximum absolute atomic E-state index is 13.9. The van der Waals surface area contributed by atoms with E-state index in [1.807, 2.05) is 0 Å². The summed E-state index contributed by atoms with van der Waals surface area (Å²) in [5.41, 5.74) is 0.142. The third-order valence-electron chi connectivity index (χ3n) is 2.67. The van der Waals surface area contributed by atoms with Crippen molar-refractivity contribution in [3.8, 4) is 0 Å². The molecule has 2 aromatic rings.